The number of aromatic nitrogens is 2. The minimum absolute atomic E-state index is 0.219. The summed E-state index contributed by atoms with van der Waals surface area (Å²) in [4.78, 5) is 26.0. The van der Waals surface area contributed by atoms with Gasteiger partial charge in [0.15, 0.2) is 5.16 Å². The van der Waals surface area contributed by atoms with E-state index < -0.39 is 0 Å². The van der Waals surface area contributed by atoms with E-state index >= 15 is 0 Å². The summed E-state index contributed by atoms with van der Waals surface area (Å²) in [5, 5.41) is 5.08. The second-order valence-corrected chi connectivity index (χ2v) is 8.95. The van der Waals surface area contributed by atoms with Crippen LogP contribution in [0.2, 0.25) is 5.02 Å². The van der Waals surface area contributed by atoms with Gasteiger partial charge in [-0.15, -0.1) is 11.3 Å². The summed E-state index contributed by atoms with van der Waals surface area (Å²) in [5.41, 5.74) is 0.537. The maximum atomic E-state index is 12.9. The van der Waals surface area contributed by atoms with Gasteiger partial charge in [0, 0.05) is 18.1 Å². The monoisotopic (exact) mass is 448 g/mol. The van der Waals surface area contributed by atoms with Crippen LogP contribution in [0, 0.1) is 0 Å². The molecule has 1 N–H and O–H groups in total. The van der Waals surface area contributed by atoms with Crippen LogP contribution in [0.1, 0.15) is 28.9 Å². The molecule has 3 aromatic rings. The van der Waals surface area contributed by atoms with Crippen LogP contribution < -0.4 is 15.0 Å². The molecule has 1 saturated heterocycles. The predicted molar refractivity (Wildman–Crippen MR) is 121 cm³/mol. The van der Waals surface area contributed by atoms with Crippen LogP contribution in [-0.4, -0.2) is 42.3 Å². The van der Waals surface area contributed by atoms with E-state index in [1.165, 1.54) is 29.5 Å². The smallest absolute Gasteiger partial charge is 0.265 e. The zero-order valence-electron chi connectivity index (χ0n) is 16.2. The second-order valence-electron chi connectivity index (χ2n) is 6.71. The first-order valence-electron chi connectivity index (χ1n) is 9.34. The van der Waals surface area contributed by atoms with Crippen LogP contribution in [0.5, 0.6) is 5.75 Å². The number of ether oxygens (including phenoxy) is 1. The molecule has 0 unspecified atom stereocenters. The molecule has 1 amide bonds. The molecule has 1 aliphatic heterocycles. The number of halogens is 1. The van der Waals surface area contributed by atoms with Crippen LogP contribution >= 0.6 is 34.7 Å². The van der Waals surface area contributed by atoms with Crippen LogP contribution in [-0.2, 0) is 0 Å². The highest BCUT2D eigenvalue weighted by Crippen LogP contribution is 2.35. The SMILES string of the molecule is COc1ccc(Cl)cc1NC(=O)c1cc2c(N3CCCCC3)nc(SC)nc2s1. The Morgan fingerprint density at radius 3 is 2.76 bits per heavy atom. The first-order valence-corrected chi connectivity index (χ1v) is 11.8. The largest absolute Gasteiger partial charge is 0.495 e. The van der Waals surface area contributed by atoms with Gasteiger partial charge in [0.2, 0.25) is 0 Å². The highest BCUT2D eigenvalue weighted by atomic mass is 35.5. The molecule has 1 aliphatic rings. The molecule has 0 radical (unpaired) electrons. The molecule has 9 heteroatoms. The minimum Gasteiger partial charge on any atom is -0.495 e. The molecule has 152 valence electrons. The van der Waals surface area contributed by atoms with Gasteiger partial charge in [-0.3, -0.25) is 4.79 Å². The topological polar surface area (TPSA) is 67.3 Å². The Morgan fingerprint density at radius 2 is 2.03 bits per heavy atom. The number of fused-ring (bicyclic) bond motifs is 1. The number of rotatable bonds is 5. The van der Waals surface area contributed by atoms with Gasteiger partial charge < -0.3 is 15.0 Å². The van der Waals surface area contributed by atoms with E-state index in [1.54, 1.807) is 25.3 Å². The minimum atomic E-state index is -0.219. The van der Waals surface area contributed by atoms with Crippen molar-refractivity contribution >= 4 is 62.3 Å². The summed E-state index contributed by atoms with van der Waals surface area (Å²) in [5.74, 6) is 1.26. The van der Waals surface area contributed by atoms with Crippen molar-refractivity contribution in [2.45, 2.75) is 24.4 Å². The van der Waals surface area contributed by atoms with Crippen LogP contribution in [0.4, 0.5) is 11.5 Å². The van der Waals surface area contributed by atoms with Crippen LogP contribution in [0.3, 0.4) is 0 Å². The molecule has 1 aromatic carbocycles. The first kappa shape index (κ1) is 20.3. The number of anilines is 2. The van der Waals surface area contributed by atoms with Crippen molar-refractivity contribution in [2.75, 3.05) is 36.7 Å². The molecule has 1 fully saturated rings. The second kappa shape index (κ2) is 8.77. The van der Waals surface area contributed by atoms with Crippen molar-refractivity contribution in [3.8, 4) is 5.75 Å². The number of carbonyl (C=O) groups is 1. The van der Waals surface area contributed by atoms with Crippen LogP contribution in [0.25, 0.3) is 10.2 Å². The number of methoxy groups -OCH3 is 1. The van der Waals surface area contributed by atoms with Gasteiger partial charge in [0.05, 0.1) is 23.1 Å². The number of benzene rings is 1. The van der Waals surface area contributed by atoms with Crippen LogP contribution in [0.15, 0.2) is 29.4 Å². The molecule has 0 spiro atoms. The number of hydrogen-bond donors (Lipinski definition) is 1. The number of nitrogens with one attached hydrogen (secondary N) is 1. The van der Waals surface area contributed by atoms with Gasteiger partial charge >= 0.3 is 0 Å². The van der Waals surface area contributed by atoms with E-state index in [4.69, 9.17) is 21.3 Å². The van der Waals surface area contributed by atoms with E-state index in [0.29, 0.717) is 21.3 Å². The lowest BCUT2D eigenvalue weighted by Gasteiger charge is -2.28. The zero-order valence-corrected chi connectivity index (χ0v) is 18.6. The summed E-state index contributed by atoms with van der Waals surface area (Å²) in [6, 6.07) is 7.02. The number of thiophene rings is 1. The van der Waals surface area contributed by atoms with Gasteiger partial charge in [-0.1, -0.05) is 23.4 Å². The fourth-order valence-electron chi connectivity index (χ4n) is 3.40. The highest BCUT2D eigenvalue weighted by Gasteiger charge is 2.21. The fraction of sp³-hybridized carbons (Fsp3) is 0.350. The van der Waals surface area contributed by atoms with Gasteiger partial charge in [-0.25, -0.2) is 9.97 Å². The lowest BCUT2D eigenvalue weighted by Crippen LogP contribution is -2.30. The number of hydrogen-bond acceptors (Lipinski definition) is 7. The maximum absolute atomic E-state index is 12.9. The fourth-order valence-corrected chi connectivity index (χ4v) is 4.91. The Kier molecular flexibility index (Phi) is 6.12. The third-order valence-electron chi connectivity index (χ3n) is 4.82. The quantitative estimate of drug-likeness (QED) is 0.421. The van der Waals surface area contributed by atoms with Crippen molar-refractivity contribution in [3.05, 3.63) is 34.2 Å². The third-order valence-corrected chi connectivity index (χ3v) is 6.63. The van der Waals surface area contributed by atoms with E-state index in [0.717, 1.165) is 47.1 Å². The molecule has 0 atom stereocenters. The molecule has 6 nitrogen and oxygen atoms in total. The third kappa shape index (κ3) is 4.29. The Bertz CT molecular complexity index is 1050. The van der Waals surface area contributed by atoms with Crippen molar-refractivity contribution in [2.24, 2.45) is 0 Å². The number of amides is 1. The first-order chi connectivity index (χ1) is 14.1. The average Bonchev–Trinajstić information content (AvgIpc) is 3.18. The van der Waals surface area contributed by atoms with Gasteiger partial charge in [0.25, 0.3) is 5.91 Å². The Morgan fingerprint density at radius 1 is 1.24 bits per heavy atom. The summed E-state index contributed by atoms with van der Waals surface area (Å²) in [6.45, 7) is 1.97. The van der Waals surface area contributed by atoms with Crippen molar-refractivity contribution in [3.63, 3.8) is 0 Å². The Labute approximate surface area is 182 Å². The van der Waals surface area contributed by atoms with Gasteiger partial charge in [-0.2, -0.15) is 0 Å². The Hall–Kier alpha value is -2.03. The Balaban J connectivity index is 1.69. The molecule has 0 bridgehead atoms. The van der Waals surface area contributed by atoms with Crippen molar-refractivity contribution in [1.82, 2.24) is 9.97 Å². The summed E-state index contributed by atoms with van der Waals surface area (Å²) in [6.07, 6.45) is 5.53. The van der Waals surface area contributed by atoms with E-state index in [1.807, 2.05) is 12.3 Å². The number of carbonyl (C=O) groups excluding carboxylic acids is 1. The van der Waals surface area contributed by atoms with E-state index in [2.05, 4.69) is 15.2 Å². The number of piperidine rings is 1. The number of nitrogens with zero attached hydrogens (tertiary/aromatic N) is 3. The molecule has 2 aromatic heterocycles. The lowest BCUT2D eigenvalue weighted by molar-refractivity contribution is 0.103. The predicted octanol–water partition coefficient (Wildman–Crippen LogP) is 5.32. The molecule has 0 saturated carbocycles. The normalized spacial score (nSPS) is 14.2. The molecule has 4 rings (SSSR count). The number of thioether (sulfide) groups is 1. The van der Waals surface area contributed by atoms with Gasteiger partial charge in [-0.05, 0) is 49.8 Å². The highest BCUT2D eigenvalue weighted by molar-refractivity contribution is 7.98. The van der Waals surface area contributed by atoms with E-state index in [-0.39, 0.29) is 5.91 Å². The molecular weight excluding hydrogens is 428 g/mol. The van der Waals surface area contributed by atoms with Crippen molar-refractivity contribution < 1.29 is 9.53 Å². The van der Waals surface area contributed by atoms with Gasteiger partial charge in [0.1, 0.15) is 16.4 Å². The lowest BCUT2D eigenvalue weighted by atomic mass is 10.1. The molecular formula is C20H21ClN4O2S2. The summed E-state index contributed by atoms with van der Waals surface area (Å²) < 4.78 is 5.32. The summed E-state index contributed by atoms with van der Waals surface area (Å²) >= 11 is 8.96. The average molecular weight is 449 g/mol. The molecule has 3 heterocycles. The standard InChI is InChI=1S/C20H21ClN4O2S2/c1-27-15-7-6-12(21)10-14(15)22-18(26)16-11-13-17(25-8-4-3-5-9-25)23-20(28-2)24-19(13)29-16/h6-7,10-11H,3-5,8-9H2,1-2H3,(H,22,26). The van der Waals surface area contributed by atoms with Crippen molar-refractivity contribution in [1.29, 1.82) is 0 Å². The molecule has 0 aliphatic carbocycles. The summed E-state index contributed by atoms with van der Waals surface area (Å²) in [7, 11) is 1.56. The molecule has 29 heavy (non-hydrogen) atoms. The van der Waals surface area contributed by atoms with E-state index in [9.17, 15) is 4.79 Å². The maximum Gasteiger partial charge on any atom is 0.265 e. The zero-order chi connectivity index (χ0) is 20.4.